The van der Waals surface area contributed by atoms with Gasteiger partial charge in [-0.3, -0.25) is 14.6 Å². The Labute approximate surface area is 139 Å². The molecule has 1 heterocycles. The topological polar surface area (TPSA) is 32.8 Å². The number of hydrogen-bond acceptors (Lipinski definition) is 4. The lowest BCUT2D eigenvalue weighted by atomic mass is 9.87. The van der Waals surface area contributed by atoms with Gasteiger partial charge in [0.1, 0.15) is 0 Å². The second-order valence-electron chi connectivity index (χ2n) is 6.58. The summed E-state index contributed by atoms with van der Waals surface area (Å²) in [6, 6.07) is 9.47. The van der Waals surface area contributed by atoms with Crippen molar-refractivity contribution in [2.24, 2.45) is 0 Å². The second kappa shape index (κ2) is 7.93. The number of carbonyl (C=O) groups excluding carboxylic acids is 1. The molecule has 1 fully saturated rings. The van der Waals surface area contributed by atoms with E-state index in [-0.39, 0.29) is 5.97 Å². The third-order valence-corrected chi connectivity index (χ3v) is 5.06. The van der Waals surface area contributed by atoms with Crippen LogP contribution in [0.15, 0.2) is 24.3 Å². The van der Waals surface area contributed by atoms with Crippen LogP contribution in [0, 0.1) is 0 Å². The van der Waals surface area contributed by atoms with Crippen LogP contribution in [0.25, 0.3) is 0 Å². The maximum atomic E-state index is 11.7. The molecule has 4 heteroatoms. The van der Waals surface area contributed by atoms with E-state index in [0.717, 1.165) is 32.6 Å². The first-order valence-corrected chi connectivity index (χ1v) is 8.97. The smallest absolute Gasteiger partial charge is 0.320 e. The quantitative estimate of drug-likeness (QED) is 0.800. The fourth-order valence-electron chi connectivity index (χ4n) is 3.96. The molecule has 0 radical (unpaired) electrons. The van der Waals surface area contributed by atoms with Crippen LogP contribution in [-0.4, -0.2) is 55.1 Å². The Morgan fingerprint density at radius 2 is 2.04 bits per heavy atom. The highest BCUT2D eigenvalue weighted by atomic mass is 16.5. The third-order valence-electron chi connectivity index (χ3n) is 5.06. The predicted molar refractivity (Wildman–Crippen MR) is 91.4 cm³/mol. The van der Waals surface area contributed by atoms with Gasteiger partial charge in [-0.05, 0) is 43.7 Å². The molecule has 4 nitrogen and oxygen atoms in total. The molecule has 1 saturated heterocycles. The van der Waals surface area contributed by atoms with E-state index in [1.54, 1.807) is 0 Å². The van der Waals surface area contributed by atoms with E-state index >= 15 is 0 Å². The summed E-state index contributed by atoms with van der Waals surface area (Å²) in [7, 11) is 0. The van der Waals surface area contributed by atoms with Crippen LogP contribution in [0.4, 0.5) is 0 Å². The summed E-state index contributed by atoms with van der Waals surface area (Å²) in [5.74, 6) is -0.0936. The van der Waals surface area contributed by atoms with E-state index in [4.69, 9.17) is 4.74 Å². The molecule has 0 saturated carbocycles. The lowest BCUT2D eigenvalue weighted by molar-refractivity contribution is -0.144. The minimum Gasteiger partial charge on any atom is -0.465 e. The summed E-state index contributed by atoms with van der Waals surface area (Å²) >= 11 is 0. The van der Waals surface area contributed by atoms with Crippen LogP contribution in [-0.2, 0) is 16.0 Å². The molecular formula is C19H28N2O2. The van der Waals surface area contributed by atoms with Crippen molar-refractivity contribution < 1.29 is 9.53 Å². The van der Waals surface area contributed by atoms with Gasteiger partial charge in [-0.15, -0.1) is 0 Å². The first-order valence-electron chi connectivity index (χ1n) is 8.97. The maximum Gasteiger partial charge on any atom is 0.320 e. The molecule has 1 aromatic carbocycles. The summed E-state index contributed by atoms with van der Waals surface area (Å²) in [6.45, 7) is 6.88. The average Bonchev–Trinajstić information content (AvgIpc) is 2.80. The Balaban J connectivity index is 1.61. The van der Waals surface area contributed by atoms with Crippen LogP contribution in [0.3, 0.4) is 0 Å². The van der Waals surface area contributed by atoms with Gasteiger partial charge in [0.2, 0.25) is 0 Å². The largest absolute Gasteiger partial charge is 0.465 e. The fourth-order valence-corrected chi connectivity index (χ4v) is 3.96. The summed E-state index contributed by atoms with van der Waals surface area (Å²) in [5, 5.41) is 0. The first-order chi connectivity index (χ1) is 11.3. The number of rotatable bonds is 4. The Morgan fingerprint density at radius 1 is 1.17 bits per heavy atom. The number of fused-ring (bicyclic) bond motifs is 1. The molecule has 1 atom stereocenters. The van der Waals surface area contributed by atoms with Crippen molar-refractivity contribution in [2.45, 2.75) is 38.6 Å². The van der Waals surface area contributed by atoms with Crippen molar-refractivity contribution in [3.63, 3.8) is 0 Å². The highest BCUT2D eigenvalue weighted by Crippen LogP contribution is 2.34. The maximum absolute atomic E-state index is 11.7. The van der Waals surface area contributed by atoms with Crippen LogP contribution in [0.1, 0.15) is 43.4 Å². The van der Waals surface area contributed by atoms with Gasteiger partial charge in [0.15, 0.2) is 0 Å². The number of carbonyl (C=O) groups is 1. The molecule has 1 unspecified atom stereocenters. The SMILES string of the molecule is CCOC(=O)CN1CCCN(C2CCCc3ccccc32)CC1. The van der Waals surface area contributed by atoms with Crippen LogP contribution in [0.2, 0.25) is 0 Å². The van der Waals surface area contributed by atoms with E-state index < -0.39 is 0 Å². The van der Waals surface area contributed by atoms with Gasteiger partial charge in [-0.25, -0.2) is 0 Å². The number of nitrogens with zero attached hydrogens (tertiary/aromatic N) is 2. The number of hydrogen-bond donors (Lipinski definition) is 0. The molecule has 0 aromatic heterocycles. The molecule has 126 valence electrons. The standard InChI is InChI=1S/C19H28N2O2/c1-2-23-19(22)15-20-11-6-12-21(14-13-20)18-10-5-8-16-7-3-4-9-17(16)18/h3-4,7,9,18H,2,5-6,8,10-15H2,1H3. The van der Waals surface area contributed by atoms with Crippen molar-refractivity contribution in [1.29, 1.82) is 0 Å². The molecule has 0 bridgehead atoms. The lowest BCUT2D eigenvalue weighted by Gasteiger charge is -2.35. The summed E-state index contributed by atoms with van der Waals surface area (Å²) in [5.41, 5.74) is 3.05. The molecular weight excluding hydrogens is 288 g/mol. The zero-order valence-electron chi connectivity index (χ0n) is 14.2. The molecule has 0 amide bonds. The molecule has 1 aromatic rings. The Morgan fingerprint density at radius 3 is 2.91 bits per heavy atom. The number of esters is 1. The number of aryl methyl sites for hydroxylation is 1. The van der Waals surface area contributed by atoms with E-state index in [2.05, 4.69) is 34.1 Å². The van der Waals surface area contributed by atoms with E-state index in [0.29, 0.717) is 19.2 Å². The highest BCUT2D eigenvalue weighted by Gasteiger charge is 2.27. The van der Waals surface area contributed by atoms with Gasteiger partial charge in [-0.2, -0.15) is 0 Å². The zero-order chi connectivity index (χ0) is 16.1. The summed E-state index contributed by atoms with van der Waals surface area (Å²) < 4.78 is 5.08. The van der Waals surface area contributed by atoms with Crippen molar-refractivity contribution in [3.05, 3.63) is 35.4 Å². The van der Waals surface area contributed by atoms with Crippen LogP contribution in [0.5, 0.6) is 0 Å². The van der Waals surface area contributed by atoms with Crippen molar-refractivity contribution in [3.8, 4) is 0 Å². The van der Waals surface area contributed by atoms with Gasteiger partial charge in [0, 0.05) is 32.2 Å². The van der Waals surface area contributed by atoms with E-state index in [9.17, 15) is 4.79 Å². The fraction of sp³-hybridized carbons (Fsp3) is 0.632. The minimum absolute atomic E-state index is 0.0936. The molecule has 0 spiro atoms. The van der Waals surface area contributed by atoms with Gasteiger partial charge < -0.3 is 4.74 Å². The Hall–Kier alpha value is -1.39. The predicted octanol–water partition coefficient (Wildman–Crippen LogP) is 2.63. The Kier molecular flexibility index (Phi) is 5.68. The van der Waals surface area contributed by atoms with Crippen molar-refractivity contribution in [2.75, 3.05) is 39.3 Å². The van der Waals surface area contributed by atoms with E-state index in [1.807, 2.05) is 6.92 Å². The molecule has 0 N–H and O–H groups in total. The molecule has 1 aliphatic carbocycles. The van der Waals surface area contributed by atoms with Crippen LogP contribution < -0.4 is 0 Å². The van der Waals surface area contributed by atoms with E-state index in [1.165, 1.54) is 30.4 Å². The van der Waals surface area contributed by atoms with Crippen molar-refractivity contribution in [1.82, 2.24) is 9.80 Å². The third kappa shape index (κ3) is 4.12. The Bertz CT molecular complexity index is 532. The molecule has 2 aliphatic rings. The normalized spacial score (nSPS) is 23.1. The van der Waals surface area contributed by atoms with Crippen molar-refractivity contribution >= 4 is 5.97 Å². The second-order valence-corrected chi connectivity index (χ2v) is 6.58. The molecule has 3 rings (SSSR count). The van der Waals surface area contributed by atoms with Gasteiger partial charge in [0.25, 0.3) is 0 Å². The summed E-state index contributed by atoms with van der Waals surface area (Å²) in [4.78, 5) is 16.6. The lowest BCUT2D eigenvalue weighted by Crippen LogP contribution is -2.37. The first kappa shape index (κ1) is 16.5. The highest BCUT2D eigenvalue weighted by molar-refractivity contribution is 5.71. The van der Waals surface area contributed by atoms with Crippen LogP contribution >= 0.6 is 0 Å². The molecule has 1 aliphatic heterocycles. The molecule has 23 heavy (non-hydrogen) atoms. The van der Waals surface area contributed by atoms with Gasteiger partial charge in [0.05, 0.1) is 13.2 Å². The van der Waals surface area contributed by atoms with Gasteiger partial charge >= 0.3 is 5.97 Å². The summed E-state index contributed by atoms with van der Waals surface area (Å²) in [6.07, 6.45) is 4.88. The minimum atomic E-state index is -0.0936. The zero-order valence-corrected chi connectivity index (χ0v) is 14.2. The number of ether oxygens (including phenoxy) is 1. The monoisotopic (exact) mass is 316 g/mol. The van der Waals surface area contributed by atoms with Gasteiger partial charge in [-0.1, -0.05) is 24.3 Å². The average molecular weight is 316 g/mol. The number of benzene rings is 1.